The summed E-state index contributed by atoms with van der Waals surface area (Å²) in [6, 6.07) is 11.5. The number of aromatic hydroxyl groups is 1. The monoisotopic (exact) mass is 656 g/mol. The van der Waals surface area contributed by atoms with Crippen molar-refractivity contribution in [2.75, 3.05) is 12.3 Å². The van der Waals surface area contributed by atoms with Gasteiger partial charge in [-0.1, -0.05) is 50.2 Å². The van der Waals surface area contributed by atoms with E-state index in [1.807, 2.05) is 24.3 Å². The maximum Gasteiger partial charge on any atom is 0.459 e. The van der Waals surface area contributed by atoms with Gasteiger partial charge < -0.3 is 35.1 Å². The molecule has 2 fully saturated rings. The van der Waals surface area contributed by atoms with E-state index in [9.17, 15) is 24.7 Å². The first-order valence-corrected chi connectivity index (χ1v) is 16.6. The Bertz CT molecular complexity index is 1790. The zero-order chi connectivity index (χ0) is 32.8. The van der Waals surface area contributed by atoms with E-state index in [-0.39, 0.29) is 34.9 Å². The van der Waals surface area contributed by atoms with Crippen LogP contribution in [0.25, 0.3) is 21.9 Å². The number of carbonyl (C=O) groups excluding carboxylic acids is 1. The quantitative estimate of drug-likeness (QED) is 0.116. The molecule has 1 aliphatic carbocycles. The Hall–Kier alpha value is -3.85. The molecule has 15 nitrogen and oxygen atoms in total. The highest BCUT2D eigenvalue weighted by molar-refractivity contribution is 7.52. The number of carbonyl (C=O) groups is 1. The van der Waals surface area contributed by atoms with Crippen LogP contribution in [-0.2, 0) is 23.4 Å². The van der Waals surface area contributed by atoms with E-state index in [1.165, 1.54) is 17.8 Å². The number of anilines is 1. The van der Waals surface area contributed by atoms with Gasteiger partial charge in [0.15, 0.2) is 17.4 Å². The largest absolute Gasteiger partial charge is 0.492 e. The zero-order valence-corrected chi connectivity index (χ0v) is 26.4. The van der Waals surface area contributed by atoms with E-state index in [2.05, 4.69) is 20.0 Å². The number of benzene rings is 2. The van der Waals surface area contributed by atoms with E-state index in [1.54, 1.807) is 32.0 Å². The van der Waals surface area contributed by atoms with Crippen molar-refractivity contribution in [1.29, 1.82) is 0 Å². The molecule has 0 bridgehead atoms. The number of esters is 1. The summed E-state index contributed by atoms with van der Waals surface area (Å²) in [7, 11) is -4.41. The third-order valence-corrected chi connectivity index (χ3v) is 9.88. The lowest BCUT2D eigenvalue weighted by atomic mass is 9.96. The van der Waals surface area contributed by atoms with Crippen molar-refractivity contribution in [3.63, 3.8) is 0 Å². The molecule has 6 atom stereocenters. The van der Waals surface area contributed by atoms with Gasteiger partial charge in [-0.05, 0) is 43.6 Å². The van der Waals surface area contributed by atoms with Crippen molar-refractivity contribution in [3.8, 4) is 11.6 Å². The molecule has 6 rings (SSSR count). The molecule has 6 N–H and O–H groups in total. The number of aliphatic hydroxyl groups excluding tert-OH is 1. The summed E-state index contributed by atoms with van der Waals surface area (Å²) in [5.74, 6) is -1.41. The lowest BCUT2D eigenvalue weighted by Crippen LogP contribution is -2.45. The third kappa shape index (κ3) is 6.14. The van der Waals surface area contributed by atoms with E-state index in [0.717, 1.165) is 24.6 Å². The number of imidazole rings is 1. The smallest absolute Gasteiger partial charge is 0.459 e. The SMILES string of the molecule is CC(C)[C@H](NP(=O)(OC[C@H]1OC(n2cnc3c(O)nc(N)nc32)[C@](C)(O)[C@@H]1O)Oc1cccc2ccccc12)C(=O)OC1CCC1. The van der Waals surface area contributed by atoms with Crippen LogP contribution in [0.5, 0.6) is 11.6 Å². The lowest BCUT2D eigenvalue weighted by Gasteiger charge is -2.31. The maximum atomic E-state index is 14.6. The van der Waals surface area contributed by atoms with Crippen LogP contribution in [0.4, 0.5) is 5.95 Å². The summed E-state index contributed by atoms with van der Waals surface area (Å²) in [6.07, 6.45) is -0.521. The van der Waals surface area contributed by atoms with Gasteiger partial charge in [0.25, 0.3) is 0 Å². The van der Waals surface area contributed by atoms with Crippen molar-refractivity contribution in [3.05, 3.63) is 48.8 Å². The molecule has 2 aromatic heterocycles. The molecule has 0 amide bonds. The normalized spacial score (nSPS) is 25.4. The van der Waals surface area contributed by atoms with Gasteiger partial charge in [0, 0.05) is 5.39 Å². The Kier molecular flexibility index (Phi) is 8.65. The summed E-state index contributed by atoms with van der Waals surface area (Å²) >= 11 is 0. The van der Waals surface area contributed by atoms with Crippen LogP contribution in [0.15, 0.2) is 48.8 Å². The summed E-state index contributed by atoms with van der Waals surface area (Å²) < 4.78 is 39.5. The molecular formula is C30H37N6O9P. The number of fused-ring (bicyclic) bond motifs is 2. The second-order valence-electron chi connectivity index (χ2n) is 12.1. The Labute approximate surface area is 264 Å². The summed E-state index contributed by atoms with van der Waals surface area (Å²) in [5, 5.41) is 37.0. The molecule has 0 radical (unpaired) electrons. The number of aromatic nitrogens is 4. The van der Waals surface area contributed by atoms with E-state index >= 15 is 0 Å². The van der Waals surface area contributed by atoms with Gasteiger partial charge in [0.2, 0.25) is 11.8 Å². The van der Waals surface area contributed by atoms with Crippen LogP contribution >= 0.6 is 7.75 Å². The van der Waals surface area contributed by atoms with Crippen molar-refractivity contribution >= 4 is 41.6 Å². The second-order valence-corrected chi connectivity index (χ2v) is 13.8. The van der Waals surface area contributed by atoms with Crippen LogP contribution in [0, 0.1) is 5.92 Å². The molecule has 46 heavy (non-hydrogen) atoms. The van der Waals surface area contributed by atoms with Gasteiger partial charge in [-0.2, -0.15) is 15.1 Å². The van der Waals surface area contributed by atoms with E-state index in [0.29, 0.717) is 5.39 Å². The standard InChI is InChI=1S/C30H37N6O9P/c1-16(2)22(27(39)43-18-10-7-11-18)35-46(41,45-20-13-6-9-17-8-4-5-12-19(17)20)42-14-21-24(37)30(3,40)28(44-21)36-15-32-23-25(36)33-29(31)34-26(23)38/h4-6,8-9,12-13,15-16,18,21-22,24,28,37,40H,7,10-11,14H2,1-3H3,(H,35,41)(H3,31,33,34,38)/t21-,22+,24-,28?,30-,46?/m1/s1. The number of aliphatic hydroxyl groups is 2. The first-order valence-electron chi connectivity index (χ1n) is 15.0. The Morgan fingerprint density at radius 2 is 1.96 bits per heavy atom. The van der Waals surface area contributed by atoms with Gasteiger partial charge in [0.1, 0.15) is 35.7 Å². The highest BCUT2D eigenvalue weighted by Gasteiger charge is 2.54. The second kappa shape index (κ2) is 12.4. The average Bonchev–Trinajstić information content (AvgIpc) is 3.50. The highest BCUT2D eigenvalue weighted by atomic mass is 31.2. The topological polar surface area (TPSA) is 213 Å². The number of hydrogen-bond acceptors (Lipinski definition) is 13. The van der Waals surface area contributed by atoms with E-state index in [4.69, 9.17) is 24.3 Å². The molecule has 3 heterocycles. The molecule has 16 heteroatoms. The van der Waals surface area contributed by atoms with Crippen molar-refractivity contribution < 1.29 is 43.2 Å². The number of nitrogens with two attached hydrogens (primary N) is 1. The molecule has 246 valence electrons. The average molecular weight is 657 g/mol. The van der Waals surface area contributed by atoms with Crippen LogP contribution < -0.4 is 15.3 Å². The number of nitrogen functional groups attached to an aromatic ring is 1. The van der Waals surface area contributed by atoms with Gasteiger partial charge in [0.05, 0.1) is 12.9 Å². The molecule has 2 aromatic carbocycles. The van der Waals surface area contributed by atoms with Crippen LogP contribution in [-0.4, -0.2) is 77.4 Å². The number of nitrogens with one attached hydrogen (secondary N) is 1. The number of rotatable bonds is 11. The van der Waals surface area contributed by atoms with Gasteiger partial charge >= 0.3 is 13.7 Å². The first-order chi connectivity index (χ1) is 21.9. The minimum absolute atomic E-state index is 0.00786. The van der Waals surface area contributed by atoms with Gasteiger partial charge in [-0.15, -0.1) is 0 Å². The molecule has 1 aliphatic heterocycles. The van der Waals surface area contributed by atoms with Crippen molar-refractivity contribution in [1.82, 2.24) is 24.6 Å². The molecule has 1 saturated heterocycles. The summed E-state index contributed by atoms with van der Waals surface area (Å²) in [5.41, 5.74) is 3.84. The molecular weight excluding hydrogens is 619 g/mol. The van der Waals surface area contributed by atoms with Crippen LogP contribution in [0.2, 0.25) is 0 Å². The molecule has 1 saturated carbocycles. The Morgan fingerprint density at radius 3 is 2.67 bits per heavy atom. The first kappa shape index (κ1) is 32.1. The number of hydrogen-bond donors (Lipinski definition) is 5. The van der Waals surface area contributed by atoms with Gasteiger partial charge in [-0.25, -0.2) is 9.55 Å². The Balaban J connectivity index is 1.28. The predicted molar refractivity (Wildman–Crippen MR) is 166 cm³/mol. The predicted octanol–water partition coefficient (Wildman–Crippen LogP) is 3.19. The highest BCUT2D eigenvalue weighted by Crippen LogP contribution is 2.49. The summed E-state index contributed by atoms with van der Waals surface area (Å²) in [6.45, 7) is 4.36. The van der Waals surface area contributed by atoms with Crippen LogP contribution in [0.3, 0.4) is 0 Å². The van der Waals surface area contributed by atoms with Gasteiger partial charge in [-0.3, -0.25) is 13.9 Å². The van der Waals surface area contributed by atoms with Crippen molar-refractivity contribution in [2.24, 2.45) is 5.92 Å². The summed E-state index contributed by atoms with van der Waals surface area (Å²) in [4.78, 5) is 25.1. The molecule has 4 aromatic rings. The zero-order valence-electron chi connectivity index (χ0n) is 25.5. The number of nitrogens with zero attached hydrogens (tertiary/aromatic N) is 4. The fourth-order valence-corrected chi connectivity index (χ4v) is 7.19. The van der Waals surface area contributed by atoms with E-state index < -0.39 is 56.3 Å². The molecule has 0 spiro atoms. The fraction of sp³-hybridized carbons (Fsp3) is 0.467. The third-order valence-electron chi connectivity index (χ3n) is 8.36. The van der Waals surface area contributed by atoms with Crippen molar-refractivity contribution in [2.45, 2.75) is 76.2 Å². The molecule has 2 unspecified atom stereocenters. The lowest BCUT2D eigenvalue weighted by molar-refractivity contribution is -0.156. The fourth-order valence-electron chi connectivity index (χ4n) is 5.50. The molecule has 2 aliphatic rings. The minimum atomic E-state index is -4.41. The number of ether oxygens (including phenoxy) is 2. The van der Waals surface area contributed by atoms with Crippen LogP contribution in [0.1, 0.15) is 46.3 Å². The minimum Gasteiger partial charge on any atom is -0.492 e. The Morgan fingerprint density at radius 1 is 1.22 bits per heavy atom. The maximum absolute atomic E-state index is 14.6.